The Hall–Kier alpha value is -4.00. The average molecular weight is 569 g/mol. The van der Waals surface area contributed by atoms with Crippen LogP contribution in [0.4, 0.5) is 5.69 Å². The van der Waals surface area contributed by atoms with Gasteiger partial charge in [0, 0.05) is 18.4 Å². The van der Waals surface area contributed by atoms with Gasteiger partial charge < -0.3 is 18.9 Å². The van der Waals surface area contributed by atoms with E-state index in [-0.39, 0.29) is 41.5 Å². The Labute approximate surface area is 224 Å². The number of Topliss-reactive ketones (excluding diaryl/α,β-unsaturated/α-hetero) is 1. The van der Waals surface area contributed by atoms with Crippen LogP contribution in [0.3, 0.4) is 0 Å². The Morgan fingerprint density at radius 3 is 2.62 bits per heavy atom. The molecule has 2 heterocycles. The summed E-state index contributed by atoms with van der Waals surface area (Å²) in [5, 5.41) is 1.25. The Morgan fingerprint density at radius 2 is 1.87 bits per heavy atom. The fourth-order valence-corrected chi connectivity index (χ4v) is 6.61. The van der Waals surface area contributed by atoms with Gasteiger partial charge in [-0.05, 0) is 54.5 Å². The number of nitrogens with zero attached hydrogens (tertiary/aromatic N) is 1. The topological polar surface area (TPSA) is 147 Å². The van der Waals surface area contributed by atoms with Gasteiger partial charge in [0.05, 0.1) is 38.4 Å². The molecule has 0 radical (unpaired) electrons. The zero-order chi connectivity index (χ0) is 27.9. The molecule has 202 valence electrons. The van der Waals surface area contributed by atoms with Gasteiger partial charge in [-0.15, -0.1) is 0 Å². The van der Waals surface area contributed by atoms with Gasteiger partial charge in [0.1, 0.15) is 4.91 Å². The quantitative estimate of drug-likeness (QED) is 0.235. The van der Waals surface area contributed by atoms with Crippen LogP contribution in [0, 0.1) is 0 Å². The number of hydrogen-bond acceptors (Lipinski definition) is 10. The van der Waals surface area contributed by atoms with Gasteiger partial charge in [0.2, 0.25) is 21.5 Å². The van der Waals surface area contributed by atoms with Crippen molar-refractivity contribution in [2.24, 2.45) is 0 Å². The molecule has 39 heavy (non-hydrogen) atoms. The SMILES string of the molecule is CCOC(=O)c1ccc2c(c1)N(CCCS(=O)(=O)[O-])/C(=C/C=C1/C(=O)c3c(ccc4ccccc34)S1(=O)=O)O2. The zero-order valence-electron chi connectivity index (χ0n) is 20.6. The molecule has 0 unspecified atom stereocenters. The molecule has 0 saturated heterocycles. The van der Waals surface area contributed by atoms with Crippen molar-refractivity contribution in [1.29, 1.82) is 0 Å². The van der Waals surface area contributed by atoms with Gasteiger partial charge in [-0.3, -0.25) is 4.79 Å². The molecule has 0 fully saturated rings. The van der Waals surface area contributed by atoms with E-state index >= 15 is 0 Å². The van der Waals surface area contributed by atoms with E-state index in [1.54, 1.807) is 37.3 Å². The Balaban J connectivity index is 1.54. The highest BCUT2D eigenvalue weighted by atomic mass is 32.2. The summed E-state index contributed by atoms with van der Waals surface area (Å²) in [6, 6.07) is 14.5. The van der Waals surface area contributed by atoms with E-state index in [1.165, 1.54) is 35.2 Å². The molecule has 0 N–H and O–H groups in total. The second kappa shape index (κ2) is 9.95. The van der Waals surface area contributed by atoms with E-state index in [4.69, 9.17) is 9.47 Å². The standard InChI is InChI=1S/C27H23NO9S2/c1-2-36-27(30)18-8-10-21-20(16-18)28(14-5-15-38(31,32)33)24(37-21)13-12-23-26(29)25-19-7-4-3-6-17(19)9-11-22(25)39(23,34)35/h3-4,6-13,16H,2,5,14-15H2,1H3,(H,31,32,33)/p-1/b23-12-,24-13-. The molecule has 0 amide bonds. The normalized spacial score (nSPS) is 17.9. The molecule has 0 aromatic heterocycles. The summed E-state index contributed by atoms with van der Waals surface area (Å²) < 4.78 is 70.9. The summed E-state index contributed by atoms with van der Waals surface area (Å²) in [5.41, 5.74) is 0.712. The molecule has 2 aliphatic heterocycles. The molecule has 5 rings (SSSR count). The van der Waals surface area contributed by atoms with Crippen LogP contribution in [0.5, 0.6) is 5.75 Å². The first-order chi connectivity index (χ1) is 18.5. The maximum absolute atomic E-state index is 13.3. The van der Waals surface area contributed by atoms with Gasteiger partial charge in [0.25, 0.3) is 0 Å². The van der Waals surface area contributed by atoms with Crippen molar-refractivity contribution in [3.05, 3.63) is 88.7 Å². The molecule has 0 atom stereocenters. The van der Waals surface area contributed by atoms with Gasteiger partial charge >= 0.3 is 5.97 Å². The number of ketones is 1. The van der Waals surface area contributed by atoms with Crippen LogP contribution in [0.15, 0.2) is 82.4 Å². The summed E-state index contributed by atoms with van der Waals surface area (Å²) in [6.07, 6.45) is 2.38. The Kier molecular flexibility index (Phi) is 6.79. The first-order valence-corrected chi connectivity index (χ1v) is 15.0. The van der Waals surface area contributed by atoms with Crippen LogP contribution in [0.25, 0.3) is 10.8 Å². The lowest BCUT2D eigenvalue weighted by Gasteiger charge is -2.19. The fraction of sp³-hybridized carbons (Fsp3) is 0.185. The molecule has 3 aromatic rings. The smallest absolute Gasteiger partial charge is 0.338 e. The number of fused-ring (bicyclic) bond motifs is 4. The van der Waals surface area contributed by atoms with Crippen molar-refractivity contribution in [2.45, 2.75) is 18.2 Å². The molecule has 0 aliphatic carbocycles. The molecule has 2 aliphatic rings. The minimum atomic E-state index is -4.48. The first kappa shape index (κ1) is 26.6. The van der Waals surface area contributed by atoms with Gasteiger partial charge in [-0.1, -0.05) is 30.3 Å². The highest BCUT2D eigenvalue weighted by molar-refractivity contribution is 7.97. The summed E-state index contributed by atoms with van der Waals surface area (Å²) in [4.78, 5) is 26.6. The third kappa shape index (κ3) is 4.93. The van der Waals surface area contributed by atoms with E-state index in [0.717, 1.165) is 11.5 Å². The number of rotatable bonds is 7. The van der Waals surface area contributed by atoms with Crippen molar-refractivity contribution < 1.29 is 40.5 Å². The maximum atomic E-state index is 13.3. The van der Waals surface area contributed by atoms with Gasteiger partial charge in [-0.25, -0.2) is 21.6 Å². The fourth-order valence-electron chi connectivity index (χ4n) is 4.58. The van der Waals surface area contributed by atoms with Crippen molar-refractivity contribution in [3.8, 4) is 5.75 Å². The monoisotopic (exact) mass is 568 g/mol. The number of sulfone groups is 1. The Bertz CT molecular complexity index is 1810. The third-order valence-electron chi connectivity index (χ3n) is 6.32. The maximum Gasteiger partial charge on any atom is 0.338 e. The number of hydrogen-bond donors (Lipinski definition) is 0. The Morgan fingerprint density at radius 1 is 1.10 bits per heavy atom. The molecule has 0 spiro atoms. The molecule has 12 heteroatoms. The lowest BCUT2D eigenvalue weighted by molar-refractivity contribution is 0.0526. The molecule has 10 nitrogen and oxygen atoms in total. The number of ether oxygens (including phenoxy) is 2. The van der Waals surface area contributed by atoms with Crippen LogP contribution >= 0.6 is 0 Å². The van der Waals surface area contributed by atoms with E-state index in [0.29, 0.717) is 16.8 Å². The van der Waals surface area contributed by atoms with Gasteiger partial charge in [-0.2, -0.15) is 0 Å². The van der Waals surface area contributed by atoms with Gasteiger partial charge in [0.15, 0.2) is 5.75 Å². The second-order valence-electron chi connectivity index (χ2n) is 8.80. The predicted molar refractivity (Wildman–Crippen MR) is 141 cm³/mol. The predicted octanol–water partition coefficient (Wildman–Crippen LogP) is 3.55. The zero-order valence-corrected chi connectivity index (χ0v) is 22.3. The van der Waals surface area contributed by atoms with Crippen molar-refractivity contribution >= 4 is 48.2 Å². The minimum absolute atomic E-state index is 0.00130. The third-order valence-corrected chi connectivity index (χ3v) is 8.92. The molecule has 0 bridgehead atoms. The average Bonchev–Trinajstić information content (AvgIpc) is 3.32. The molecule has 3 aromatic carbocycles. The number of carbonyl (C=O) groups excluding carboxylic acids is 2. The summed E-state index contributed by atoms with van der Waals surface area (Å²) >= 11 is 0. The van der Waals surface area contributed by atoms with Crippen LogP contribution in [-0.4, -0.2) is 52.0 Å². The van der Waals surface area contributed by atoms with Crippen LogP contribution in [0.1, 0.15) is 34.1 Å². The lowest BCUT2D eigenvalue weighted by Crippen LogP contribution is -2.23. The number of esters is 1. The van der Waals surface area contributed by atoms with E-state index < -0.39 is 42.4 Å². The number of allylic oxidation sites excluding steroid dienone is 3. The van der Waals surface area contributed by atoms with Crippen molar-refractivity contribution in [3.63, 3.8) is 0 Å². The number of carbonyl (C=O) groups is 2. The van der Waals surface area contributed by atoms with Crippen molar-refractivity contribution in [1.82, 2.24) is 0 Å². The molecular formula is C27H22NO9S2-. The summed E-state index contributed by atoms with van der Waals surface area (Å²) in [5.74, 6) is -1.46. The van der Waals surface area contributed by atoms with E-state index in [9.17, 15) is 31.0 Å². The lowest BCUT2D eigenvalue weighted by atomic mass is 10.0. The number of benzene rings is 3. The highest BCUT2D eigenvalue weighted by Crippen LogP contribution is 2.41. The van der Waals surface area contributed by atoms with Crippen LogP contribution in [-0.2, 0) is 24.7 Å². The first-order valence-electron chi connectivity index (χ1n) is 11.9. The van der Waals surface area contributed by atoms with E-state index in [1.807, 2.05) is 0 Å². The summed E-state index contributed by atoms with van der Waals surface area (Å²) in [6.45, 7) is 1.83. The second-order valence-corrected chi connectivity index (χ2v) is 12.2. The minimum Gasteiger partial charge on any atom is -0.748 e. The molecule has 0 saturated carbocycles. The largest absolute Gasteiger partial charge is 0.748 e. The highest BCUT2D eigenvalue weighted by Gasteiger charge is 2.40. The molecular weight excluding hydrogens is 546 g/mol. The van der Waals surface area contributed by atoms with Crippen LogP contribution in [0.2, 0.25) is 0 Å². The number of anilines is 1. The van der Waals surface area contributed by atoms with E-state index in [2.05, 4.69) is 0 Å². The summed E-state index contributed by atoms with van der Waals surface area (Å²) in [7, 11) is -8.60. The van der Waals surface area contributed by atoms with Crippen molar-refractivity contribution in [2.75, 3.05) is 23.8 Å². The van der Waals surface area contributed by atoms with Crippen LogP contribution < -0.4 is 9.64 Å².